The number of rotatable bonds is 10. The van der Waals surface area contributed by atoms with Crippen LogP contribution >= 0.6 is 0 Å². The van der Waals surface area contributed by atoms with Crippen LogP contribution in [0, 0.1) is 0 Å². The fourth-order valence-electron chi connectivity index (χ4n) is 2.90. The van der Waals surface area contributed by atoms with Crippen LogP contribution in [0.25, 0.3) is 11.2 Å². The van der Waals surface area contributed by atoms with Gasteiger partial charge in [0.15, 0.2) is 17.0 Å². The summed E-state index contributed by atoms with van der Waals surface area (Å²) >= 11 is 0. The van der Waals surface area contributed by atoms with Crippen LogP contribution in [-0.4, -0.2) is 40.1 Å². The Bertz CT molecular complexity index is 876. The maximum atomic E-state index is 5.23. The Morgan fingerprint density at radius 3 is 2.25 bits per heavy atom. The van der Waals surface area contributed by atoms with E-state index in [4.69, 9.17) is 14.7 Å². The number of benzene rings is 1. The fraction of sp³-hybridized carbons (Fsp3) is 0.429. The highest BCUT2D eigenvalue weighted by Gasteiger charge is 2.15. The lowest BCUT2D eigenvalue weighted by molar-refractivity contribution is 0.415. The zero-order valence-electron chi connectivity index (χ0n) is 16.9. The molecule has 0 radical (unpaired) electrons. The number of fused-ring (bicyclic) bond motifs is 1. The van der Waals surface area contributed by atoms with E-state index in [9.17, 15) is 0 Å². The predicted molar refractivity (Wildman–Crippen MR) is 113 cm³/mol. The smallest absolute Gasteiger partial charge is 0.229 e. The molecule has 0 saturated heterocycles. The van der Waals surface area contributed by atoms with E-state index < -0.39 is 0 Å². The van der Waals surface area contributed by atoms with Crippen molar-refractivity contribution in [3.63, 3.8) is 0 Å². The van der Waals surface area contributed by atoms with Gasteiger partial charge in [-0.05, 0) is 37.1 Å². The summed E-state index contributed by atoms with van der Waals surface area (Å²) in [7, 11) is 1.66. The van der Waals surface area contributed by atoms with E-state index in [0.29, 0.717) is 22.9 Å². The number of ether oxygens (including phenoxy) is 1. The molecule has 0 bridgehead atoms. The summed E-state index contributed by atoms with van der Waals surface area (Å²) < 4.78 is 5.23. The molecule has 0 unspecified atom stereocenters. The van der Waals surface area contributed by atoms with Gasteiger partial charge in [0.25, 0.3) is 0 Å². The number of aromatic nitrogens is 4. The number of hydrogen-bond donors (Lipinski definition) is 1. The van der Waals surface area contributed by atoms with Crippen molar-refractivity contribution in [2.45, 2.75) is 39.5 Å². The van der Waals surface area contributed by atoms with E-state index in [1.807, 2.05) is 24.3 Å². The summed E-state index contributed by atoms with van der Waals surface area (Å²) in [4.78, 5) is 20.6. The Morgan fingerprint density at radius 2 is 1.61 bits per heavy atom. The number of nitrogens with one attached hydrogen (secondary N) is 1. The number of anilines is 3. The Balaban J connectivity index is 1.97. The number of hydrogen-bond acceptors (Lipinski definition) is 7. The van der Waals surface area contributed by atoms with Crippen molar-refractivity contribution < 1.29 is 4.74 Å². The van der Waals surface area contributed by atoms with Gasteiger partial charge in [-0.3, -0.25) is 0 Å². The van der Waals surface area contributed by atoms with Crippen molar-refractivity contribution in [2.24, 2.45) is 0 Å². The second-order valence-electron chi connectivity index (χ2n) is 6.65. The average molecular weight is 380 g/mol. The van der Waals surface area contributed by atoms with Crippen molar-refractivity contribution in [2.75, 3.05) is 30.4 Å². The van der Waals surface area contributed by atoms with Crippen LogP contribution < -0.4 is 15.0 Å². The van der Waals surface area contributed by atoms with E-state index in [1.54, 1.807) is 19.5 Å². The third-order valence-corrected chi connectivity index (χ3v) is 4.52. The molecule has 0 atom stereocenters. The van der Waals surface area contributed by atoms with Gasteiger partial charge in [0.2, 0.25) is 5.95 Å². The number of nitrogens with zero attached hydrogens (tertiary/aromatic N) is 5. The van der Waals surface area contributed by atoms with Crippen LogP contribution in [-0.2, 0) is 0 Å². The predicted octanol–water partition coefficient (Wildman–Crippen LogP) is 4.58. The molecule has 3 rings (SSSR count). The molecule has 7 nitrogen and oxygen atoms in total. The second kappa shape index (κ2) is 9.82. The van der Waals surface area contributed by atoms with E-state index >= 15 is 0 Å². The molecule has 7 heteroatoms. The minimum atomic E-state index is 0.599. The standard InChI is InChI=1S/C21H28N6O/c1-4-6-14-27(15-7-5-2)21-25-19-18(22-12-13-23-19)20(26-21)24-16-8-10-17(28-3)11-9-16/h8-13H,4-7,14-15H2,1-3H3,(H,23,24,25,26). The monoisotopic (exact) mass is 380 g/mol. The van der Waals surface area contributed by atoms with E-state index in [2.05, 4.69) is 34.0 Å². The maximum absolute atomic E-state index is 5.23. The summed E-state index contributed by atoms with van der Waals surface area (Å²) in [6.45, 7) is 6.26. The summed E-state index contributed by atoms with van der Waals surface area (Å²) in [6.07, 6.45) is 7.80. The maximum Gasteiger partial charge on any atom is 0.229 e. The quantitative estimate of drug-likeness (QED) is 0.552. The van der Waals surface area contributed by atoms with Crippen molar-refractivity contribution in [1.82, 2.24) is 19.9 Å². The van der Waals surface area contributed by atoms with Gasteiger partial charge >= 0.3 is 0 Å². The Morgan fingerprint density at radius 1 is 0.929 bits per heavy atom. The van der Waals surface area contributed by atoms with Crippen LogP contribution in [0.15, 0.2) is 36.7 Å². The van der Waals surface area contributed by atoms with Crippen LogP contribution in [0.3, 0.4) is 0 Å². The Kier molecular flexibility index (Phi) is 6.94. The first-order valence-corrected chi connectivity index (χ1v) is 9.90. The van der Waals surface area contributed by atoms with Crippen LogP contribution in [0.1, 0.15) is 39.5 Å². The summed E-state index contributed by atoms with van der Waals surface area (Å²) in [5, 5.41) is 3.37. The third-order valence-electron chi connectivity index (χ3n) is 4.52. The average Bonchev–Trinajstić information content (AvgIpc) is 2.74. The lowest BCUT2D eigenvalue weighted by Gasteiger charge is -2.23. The Hall–Kier alpha value is -2.96. The highest BCUT2D eigenvalue weighted by atomic mass is 16.5. The molecule has 0 fully saturated rings. The van der Waals surface area contributed by atoms with Crippen molar-refractivity contribution in [3.05, 3.63) is 36.7 Å². The molecule has 0 spiro atoms. The molecule has 2 heterocycles. The topological polar surface area (TPSA) is 76.1 Å². The van der Waals surface area contributed by atoms with E-state index in [0.717, 1.165) is 50.2 Å². The van der Waals surface area contributed by atoms with Crippen LogP contribution in [0.2, 0.25) is 0 Å². The van der Waals surface area contributed by atoms with Gasteiger partial charge < -0.3 is 15.0 Å². The summed E-state index contributed by atoms with van der Waals surface area (Å²) in [5.41, 5.74) is 2.17. The lowest BCUT2D eigenvalue weighted by atomic mass is 10.2. The normalized spacial score (nSPS) is 10.8. The second-order valence-corrected chi connectivity index (χ2v) is 6.65. The van der Waals surface area contributed by atoms with E-state index in [-0.39, 0.29) is 0 Å². The van der Waals surface area contributed by atoms with Gasteiger partial charge in [-0.25, -0.2) is 9.97 Å². The SMILES string of the molecule is CCCCN(CCCC)c1nc(Nc2ccc(OC)cc2)c2nccnc2n1. The van der Waals surface area contributed by atoms with Crippen molar-refractivity contribution >= 4 is 28.6 Å². The molecule has 3 aromatic rings. The number of methoxy groups -OCH3 is 1. The zero-order chi connectivity index (χ0) is 19.8. The first-order valence-electron chi connectivity index (χ1n) is 9.90. The van der Waals surface area contributed by atoms with Crippen molar-refractivity contribution in [1.29, 1.82) is 0 Å². The molecule has 0 aliphatic rings. The van der Waals surface area contributed by atoms with Gasteiger partial charge in [0.05, 0.1) is 7.11 Å². The van der Waals surface area contributed by atoms with Gasteiger partial charge in [0, 0.05) is 31.2 Å². The molecule has 28 heavy (non-hydrogen) atoms. The number of unbranched alkanes of at least 4 members (excludes halogenated alkanes) is 2. The van der Waals surface area contributed by atoms with Crippen LogP contribution in [0.4, 0.5) is 17.5 Å². The van der Waals surface area contributed by atoms with E-state index in [1.165, 1.54) is 0 Å². The fourth-order valence-corrected chi connectivity index (χ4v) is 2.90. The minimum absolute atomic E-state index is 0.599. The Labute approximate surface area is 166 Å². The van der Waals surface area contributed by atoms with Gasteiger partial charge in [0.1, 0.15) is 5.75 Å². The molecule has 148 valence electrons. The molecule has 0 saturated carbocycles. The molecule has 1 N–H and O–H groups in total. The molecule has 1 aromatic carbocycles. The van der Waals surface area contributed by atoms with Gasteiger partial charge in [-0.2, -0.15) is 9.97 Å². The molecule has 0 aliphatic carbocycles. The van der Waals surface area contributed by atoms with Gasteiger partial charge in [-0.1, -0.05) is 26.7 Å². The highest BCUT2D eigenvalue weighted by Crippen LogP contribution is 2.25. The summed E-state index contributed by atoms with van der Waals surface area (Å²) in [5.74, 6) is 2.17. The first kappa shape index (κ1) is 19.8. The highest BCUT2D eigenvalue weighted by molar-refractivity contribution is 5.85. The largest absolute Gasteiger partial charge is 0.497 e. The molecule has 0 amide bonds. The lowest BCUT2D eigenvalue weighted by Crippen LogP contribution is -2.28. The molecular weight excluding hydrogens is 352 g/mol. The third kappa shape index (κ3) is 4.85. The minimum Gasteiger partial charge on any atom is -0.497 e. The molecular formula is C21H28N6O. The van der Waals surface area contributed by atoms with Gasteiger partial charge in [-0.15, -0.1) is 0 Å². The van der Waals surface area contributed by atoms with Crippen LogP contribution in [0.5, 0.6) is 5.75 Å². The first-order chi connectivity index (χ1) is 13.7. The summed E-state index contributed by atoms with van der Waals surface area (Å²) in [6, 6.07) is 7.73. The van der Waals surface area contributed by atoms with Crippen molar-refractivity contribution in [3.8, 4) is 5.75 Å². The molecule has 0 aliphatic heterocycles. The zero-order valence-corrected chi connectivity index (χ0v) is 16.9. The molecule has 2 aromatic heterocycles.